The van der Waals surface area contributed by atoms with Gasteiger partial charge in [-0.3, -0.25) is 0 Å². The number of nitrogens with one attached hydrogen (secondary N) is 1. The van der Waals surface area contributed by atoms with E-state index in [4.69, 9.17) is 9.47 Å². The molecule has 2 aromatic rings. The van der Waals surface area contributed by atoms with Gasteiger partial charge in [0.1, 0.15) is 5.75 Å². The zero-order valence-corrected chi connectivity index (χ0v) is 14.6. The summed E-state index contributed by atoms with van der Waals surface area (Å²) in [5, 5.41) is 3.53. The predicted molar refractivity (Wildman–Crippen MR) is 98.4 cm³/mol. The molecule has 1 saturated carbocycles. The summed E-state index contributed by atoms with van der Waals surface area (Å²) in [4.78, 5) is 0. The van der Waals surface area contributed by atoms with Crippen molar-refractivity contribution >= 4 is 0 Å². The first-order valence-electron chi connectivity index (χ1n) is 8.86. The molecule has 1 aliphatic rings. The minimum atomic E-state index is 0.321. The Hall–Kier alpha value is -1.84. The summed E-state index contributed by atoms with van der Waals surface area (Å²) < 4.78 is 11.2. The van der Waals surface area contributed by atoms with Gasteiger partial charge >= 0.3 is 0 Å². The lowest BCUT2D eigenvalue weighted by molar-refractivity contribution is 0.00363. The van der Waals surface area contributed by atoms with Gasteiger partial charge in [0, 0.05) is 18.2 Å². The molecule has 1 unspecified atom stereocenters. The summed E-state index contributed by atoms with van der Waals surface area (Å²) in [6, 6.07) is 17.1. The van der Waals surface area contributed by atoms with Crippen molar-refractivity contribution < 1.29 is 9.47 Å². The molecule has 24 heavy (non-hydrogen) atoms. The molecule has 0 saturated heterocycles. The molecule has 1 fully saturated rings. The maximum Gasteiger partial charge on any atom is 0.126 e. The van der Waals surface area contributed by atoms with Crippen LogP contribution in [-0.2, 0) is 4.74 Å². The summed E-state index contributed by atoms with van der Waals surface area (Å²) in [6.07, 6.45) is 4.31. The average molecular weight is 325 g/mol. The number of hydrogen-bond acceptors (Lipinski definition) is 3. The van der Waals surface area contributed by atoms with Crippen LogP contribution in [0.5, 0.6) is 5.75 Å². The van der Waals surface area contributed by atoms with Crippen LogP contribution >= 0.6 is 0 Å². The van der Waals surface area contributed by atoms with E-state index in [0.717, 1.165) is 24.5 Å². The summed E-state index contributed by atoms with van der Waals surface area (Å²) >= 11 is 0. The third-order valence-corrected chi connectivity index (χ3v) is 4.79. The molecule has 0 radical (unpaired) electrons. The molecule has 2 aromatic carbocycles. The van der Waals surface area contributed by atoms with Gasteiger partial charge in [0.2, 0.25) is 0 Å². The van der Waals surface area contributed by atoms with E-state index < -0.39 is 0 Å². The molecule has 0 amide bonds. The van der Waals surface area contributed by atoms with Crippen molar-refractivity contribution in [1.29, 1.82) is 0 Å². The van der Waals surface area contributed by atoms with Gasteiger partial charge in [0.05, 0.1) is 19.8 Å². The van der Waals surface area contributed by atoms with Crippen LogP contribution in [0.25, 0.3) is 11.1 Å². The molecule has 3 heteroatoms. The van der Waals surface area contributed by atoms with Crippen LogP contribution in [0.3, 0.4) is 0 Å². The molecular formula is C21H27NO2. The Morgan fingerprint density at radius 2 is 1.83 bits per heavy atom. The van der Waals surface area contributed by atoms with Gasteiger partial charge in [0.15, 0.2) is 0 Å². The van der Waals surface area contributed by atoms with E-state index in [9.17, 15) is 0 Å². The molecule has 0 heterocycles. The zero-order chi connectivity index (χ0) is 16.8. The first-order valence-corrected chi connectivity index (χ1v) is 8.86. The molecule has 0 bridgehead atoms. The second kappa shape index (κ2) is 8.32. The van der Waals surface area contributed by atoms with E-state index in [2.05, 4.69) is 42.6 Å². The minimum Gasteiger partial charge on any atom is -0.496 e. The number of rotatable bonds is 8. The number of para-hydroxylation sites is 1. The molecule has 128 valence electrons. The van der Waals surface area contributed by atoms with Gasteiger partial charge in [-0.25, -0.2) is 0 Å². The topological polar surface area (TPSA) is 30.5 Å². The van der Waals surface area contributed by atoms with Crippen LogP contribution in [0.4, 0.5) is 0 Å². The smallest absolute Gasteiger partial charge is 0.126 e. The molecule has 1 N–H and O–H groups in total. The fourth-order valence-electron chi connectivity index (χ4n) is 2.99. The highest BCUT2D eigenvalue weighted by atomic mass is 16.5. The standard InChI is InChI=1S/C21H27NO2/c1-16(22-14-15-24-19-6-5-7-19)17-10-12-18(13-11-17)20-8-3-4-9-21(20)23-2/h3-4,8-13,16,19,22H,5-7,14-15H2,1-2H3. The van der Waals surface area contributed by atoms with Crippen molar-refractivity contribution in [3.05, 3.63) is 54.1 Å². The molecule has 0 aliphatic heterocycles. The fourth-order valence-corrected chi connectivity index (χ4v) is 2.99. The van der Waals surface area contributed by atoms with Gasteiger partial charge in [0.25, 0.3) is 0 Å². The van der Waals surface area contributed by atoms with Crippen molar-refractivity contribution in [1.82, 2.24) is 5.32 Å². The third-order valence-electron chi connectivity index (χ3n) is 4.79. The van der Waals surface area contributed by atoms with Crippen molar-refractivity contribution in [3.8, 4) is 16.9 Å². The van der Waals surface area contributed by atoms with Gasteiger partial charge in [-0.15, -0.1) is 0 Å². The molecule has 3 nitrogen and oxygen atoms in total. The van der Waals surface area contributed by atoms with E-state index >= 15 is 0 Å². The highest BCUT2D eigenvalue weighted by molar-refractivity contribution is 5.70. The Morgan fingerprint density at radius 1 is 1.08 bits per heavy atom. The van der Waals surface area contributed by atoms with E-state index in [-0.39, 0.29) is 0 Å². The first kappa shape index (κ1) is 17.0. The number of ether oxygens (including phenoxy) is 2. The van der Waals surface area contributed by atoms with Gasteiger partial charge < -0.3 is 14.8 Å². The molecule has 0 spiro atoms. The third kappa shape index (κ3) is 4.16. The highest BCUT2D eigenvalue weighted by Gasteiger charge is 2.17. The SMILES string of the molecule is COc1ccccc1-c1ccc(C(C)NCCOC2CCC2)cc1. The van der Waals surface area contributed by atoms with Gasteiger partial charge in [-0.05, 0) is 43.4 Å². The normalized spacial score (nSPS) is 15.8. The minimum absolute atomic E-state index is 0.321. The first-order chi connectivity index (χ1) is 11.8. The molecular weight excluding hydrogens is 298 g/mol. The van der Waals surface area contributed by atoms with Crippen molar-refractivity contribution in [2.75, 3.05) is 20.3 Å². The fraction of sp³-hybridized carbons (Fsp3) is 0.429. The Bertz CT molecular complexity index is 635. The number of methoxy groups -OCH3 is 1. The second-order valence-electron chi connectivity index (χ2n) is 6.42. The molecule has 1 aliphatic carbocycles. The summed E-state index contributed by atoms with van der Waals surface area (Å²) in [6.45, 7) is 3.89. The Morgan fingerprint density at radius 3 is 2.50 bits per heavy atom. The average Bonchev–Trinajstić information content (AvgIpc) is 2.60. The quantitative estimate of drug-likeness (QED) is 0.721. The van der Waals surface area contributed by atoms with Crippen molar-refractivity contribution in [3.63, 3.8) is 0 Å². The molecule has 0 aromatic heterocycles. The van der Waals surface area contributed by atoms with Crippen LogP contribution in [0.2, 0.25) is 0 Å². The van der Waals surface area contributed by atoms with Crippen LogP contribution < -0.4 is 10.1 Å². The lowest BCUT2D eigenvalue weighted by atomic mass is 9.96. The summed E-state index contributed by atoms with van der Waals surface area (Å²) in [5.74, 6) is 0.907. The van der Waals surface area contributed by atoms with Crippen LogP contribution in [-0.4, -0.2) is 26.4 Å². The van der Waals surface area contributed by atoms with Crippen LogP contribution in [0.15, 0.2) is 48.5 Å². The lowest BCUT2D eigenvalue weighted by Gasteiger charge is -2.26. The second-order valence-corrected chi connectivity index (χ2v) is 6.42. The van der Waals surface area contributed by atoms with E-state index in [1.54, 1.807) is 7.11 Å². The van der Waals surface area contributed by atoms with E-state index in [1.165, 1.54) is 30.4 Å². The zero-order valence-electron chi connectivity index (χ0n) is 14.6. The highest BCUT2D eigenvalue weighted by Crippen LogP contribution is 2.30. The largest absolute Gasteiger partial charge is 0.496 e. The van der Waals surface area contributed by atoms with Crippen molar-refractivity contribution in [2.24, 2.45) is 0 Å². The van der Waals surface area contributed by atoms with Crippen LogP contribution in [0.1, 0.15) is 37.8 Å². The van der Waals surface area contributed by atoms with E-state index in [1.807, 2.05) is 18.2 Å². The Balaban J connectivity index is 1.55. The Labute approximate surface area is 145 Å². The summed E-state index contributed by atoms with van der Waals surface area (Å²) in [7, 11) is 1.71. The maximum absolute atomic E-state index is 5.79. The predicted octanol–water partition coefficient (Wildman–Crippen LogP) is 4.58. The Kier molecular flexibility index (Phi) is 5.89. The van der Waals surface area contributed by atoms with Gasteiger partial charge in [-0.2, -0.15) is 0 Å². The molecule has 1 atom stereocenters. The monoisotopic (exact) mass is 325 g/mol. The maximum atomic E-state index is 5.79. The molecule has 3 rings (SSSR count). The van der Waals surface area contributed by atoms with Gasteiger partial charge in [-0.1, -0.05) is 42.5 Å². The summed E-state index contributed by atoms with van der Waals surface area (Å²) in [5.41, 5.74) is 3.59. The number of benzene rings is 2. The lowest BCUT2D eigenvalue weighted by Crippen LogP contribution is -2.28. The van der Waals surface area contributed by atoms with Crippen molar-refractivity contribution in [2.45, 2.75) is 38.3 Å². The van der Waals surface area contributed by atoms with E-state index in [0.29, 0.717) is 12.1 Å². The number of hydrogen-bond donors (Lipinski definition) is 1. The van der Waals surface area contributed by atoms with Crippen LogP contribution in [0, 0.1) is 0 Å².